The second-order valence-electron chi connectivity index (χ2n) is 5.85. The third-order valence-electron chi connectivity index (χ3n) is 4.64. The lowest BCUT2D eigenvalue weighted by atomic mass is 9.64. The average Bonchev–Trinajstić information content (AvgIpc) is 3.09. The normalized spacial score (nSPS) is 22.1. The van der Waals surface area contributed by atoms with Gasteiger partial charge in [-0.1, -0.05) is 12.5 Å². The second-order valence-corrected chi connectivity index (χ2v) is 5.85. The minimum atomic E-state index is 0.215. The molecule has 18 heavy (non-hydrogen) atoms. The van der Waals surface area contributed by atoms with Gasteiger partial charge in [-0.3, -0.25) is 0 Å². The molecule has 0 amide bonds. The lowest BCUT2D eigenvalue weighted by Gasteiger charge is -2.41. The Labute approximate surface area is 106 Å². The summed E-state index contributed by atoms with van der Waals surface area (Å²) < 4.78 is 5.80. The molecule has 1 aromatic heterocycles. The van der Waals surface area contributed by atoms with Crippen LogP contribution in [0.15, 0.2) is 22.6 Å². The SMILES string of the molecule is NCC1(c2ccc3oc(C4CC4)nc3c2)CCC1. The van der Waals surface area contributed by atoms with Gasteiger partial charge in [-0.05, 0) is 43.4 Å². The maximum absolute atomic E-state index is 5.96. The zero-order valence-corrected chi connectivity index (χ0v) is 10.5. The summed E-state index contributed by atoms with van der Waals surface area (Å²) in [5.41, 5.74) is 9.46. The van der Waals surface area contributed by atoms with E-state index in [1.807, 2.05) is 0 Å². The first kappa shape index (κ1) is 10.6. The fraction of sp³-hybridized carbons (Fsp3) is 0.533. The summed E-state index contributed by atoms with van der Waals surface area (Å²) >= 11 is 0. The molecule has 2 aliphatic rings. The van der Waals surface area contributed by atoms with Gasteiger partial charge in [-0.25, -0.2) is 4.98 Å². The number of hydrogen-bond donors (Lipinski definition) is 1. The predicted molar refractivity (Wildman–Crippen MR) is 70.6 cm³/mol. The van der Waals surface area contributed by atoms with Crippen molar-refractivity contribution in [2.24, 2.45) is 5.73 Å². The third-order valence-corrected chi connectivity index (χ3v) is 4.64. The largest absolute Gasteiger partial charge is 0.440 e. The molecular formula is C15H18N2O. The highest BCUT2D eigenvalue weighted by molar-refractivity contribution is 5.74. The summed E-state index contributed by atoms with van der Waals surface area (Å²) in [5, 5.41) is 0. The van der Waals surface area contributed by atoms with E-state index in [1.165, 1.54) is 37.7 Å². The van der Waals surface area contributed by atoms with E-state index in [4.69, 9.17) is 10.2 Å². The van der Waals surface area contributed by atoms with Crippen LogP contribution in [0.3, 0.4) is 0 Å². The molecule has 0 atom stereocenters. The van der Waals surface area contributed by atoms with E-state index in [-0.39, 0.29) is 5.41 Å². The minimum Gasteiger partial charge on any atom is -0.440 e. The van der Waals surface area contributed by atoms with E-state index >= 15 is 0 Å². The fourth-order valence-corrected chi connectivity index (χ4v) is 2.99. The molecule has 1 heterocycles. The molecule has 0 aliphatic heterocycles. The van der Waals surface area contributed by atoms with E-state index in [2.05, 4.69) is 23.2 Å². The van der Waals surface area contributed by atoms with E-state index in [9.17, 15) is 0 Å². The maximum Gasteiger partial charge on any atom is 0.198 e. The first-order chi connectivity index (χ1) is 8.81. The van der Waals surface area contributed by atoms with Gasteiger partial charge in [-0.2, -0.15) is 0 Å². The topological polar surface area (TPSA) is 52.0 Å². The summed E-state index contributed by atoms with van der Waals surface area (Å²) in [4.78, 5) is 4.63. The van der Waals surface area contributed by atoms with Gasteiger partial charge in [0.05, 0.1) is 0 Å². The molecule has 1 aromatic carbocycles. The van der Waals surface area contributed by atoms with Crippen LogP contribution in [0.4, 0.5) is 0 Å². The van der Waals surface area contributed by atoms with E-state index in [0.717, 1.165) is 23.5 Å². The van der Waals surface area contributed by atoms with Crippen LogP contribution in [0.1, 0.15) is 49.5 Å². The molecule has 4 rings (SSSR count). The lowest BCUT2D eigenvalue weighted by molar-refractivity contribution is 0.253. The van der Waals surface area contributed by atoms with Crippen molar-refractivity contribution in [2.75, 3.05) is 6.54 Å². The number of hydrogen-bond acceptors (Lipinski definition) is 3. The Balaban J connectivity index is 1.78. The van der Waals surface area contributed by atoms with Crippen LogP contribution in [-0.2, 0) is 5.41 Å². The zero-order valence-electron chi connectivity index (χ0n) is 10.5. The maximum atomic E-state index is 5.96. The minimum absolute atomic E-state index is 0.215. The molecule has 2 aliphatic carbocycles. The Hall–Kier alpha value is -1.35. The molecular weight excluding hydrogens is 224 g/mol. The molecule has 0 spiro atoms. The van der Waals surface area contributed by atoms with Crippen molar-refractivity contribution in [3.8, 4) is 0 Å². The number of oxazole rings is 1. The standard InChI is InChI=1S/C15H18N2O/c16-9-15(6-1-7-15)11-4-5-13-12(8-11)17-14(18-13)10-2-3-10/h4-5,8,10H,1-3,6-7,9,16H2. The highest BCUT2D eigenvalue weighted by atomic mass is 16.3. The summed E-state index contributed by atoms with van der Waals surface area (Å²) in [7, 11) is 0. The molecule has 2 N–H and O–H groups in total. The third kappa shape index (κ3) is 1.43. The quantitative estimate of drug-likeness (QED) is 0.899. The summed E-state index contributed by atoms with van der Waals surface area (Å²) in [5.74, 6) is 1.51. The Morgan fingerprint density at radius 3 is 2.78 bits per heavy atom. The van der Waals surface area contributed by atoms with Crippen molar-refractivity contribution in [1.29, 1.82) is 0 Å². The highest BCUT2D eigenvalue weighted by Crippen LogP contribution is 2.44. The number of nitrogens with two attached hydrogens (primary N) is 1. The summed E-state index contributed by atoms with van der Waals surface area (Å²) in [6, 6.07) is 6.44. The fourth-order valence-electron chi connectivity index (χ4n) is 2.99. The monoisotopic (exact) mass is 242 g/mol. The zero-order chi connectivity index (χ0) is 12.2. The number of aromatic nitrogens is 1. The van der Waals surface area contributed by atoms with Gasteiger partial charge in [0.15, 0.2) is 11.5 Å². The molecule has 3 nitrogen and oxygen atoms in total. The van der Waals surface area contributed by atoms with Crippen molar-refractivity contribution in [1.82, 2.24) is 4.98 Å². The lowest BCUT2D eigenvalue weighted by Crippen LogP contribution is -2.41. The van der Waals surface area contributed by atoms with Crippen LogP contribution in [0.25, 0.3) is 11.1 Å². The van der Waals surface area contributed by atoms with Gasteiger partial charge in [0, 0.05) is 17.9 Å². The van der Waals surface area contributed by atoms with Gasteiger partial charge in [0.25, 0.3) is 0 Å². The molecule has 3 heteroatoms. The van der Waals surface area contributed by atoms with Crippen molar-refractivity contribution in [2.45, 2.75) is 43.4 Å². The van der Waals surface area contributed by atoms with Crippen LogP contribution in [0.2, 0.25) is 0 Å². The van der Waals surface area contributed by atoms with Gasteiger partial charge in [0.2, 0.25) is 0 Å². The molecule has 2 saturated carbocycles. The first-order valence-electron chi connectivity index (χ1n) is 6.92. The van der Waals surface area contributed by atoms with Gasteiger partial charge in [0.1, 0.15) is 5.52 Å². The van der Waals surface area contributed by atoms with Crippen molar-refractivity contribution < 1.29 is 4.42 Å². The van der Waals surface area contributed by atoms with Crippen LogP contribution in [-0.4, -0.2) is 11.5 Å². The number of rotatable bonds is 3. The highest BCUT2D eigenvalue weighted by Gasteiger charge is 2.37. The molecule has 0 unspecified atom stereocenters. The average molecular weight is 242 g/mol. The molecule has 0 radical (unpaired) electrons. The summed E-state index contributed by atoms with van der Waals surface area (Å²) in [6.45, 7) is 0.742. The van der Waals surface area contributed by atoms with Crippen LogP contribution in [0, 0.1) is 0 Å². The first-order valence-corrected chi connectivity index (χ1v) is 6.92. The van der Waals surface area contributed by atoms with Gasteiger partial charge >= 0.3 is 0 Å². The molecule has 0 saturated heterocycles. The van der Waals surface area contributed by atoms with Crippen molar-refractivity contribution in [3.63, 3.8) is 0 Å². The number of benzene rings is 1. The van der Waals surface area contributed by atoms with Gasteiger partial charge < -0.3 is 10.2 Å². The number of nitrogens with zero attached hydrogens (tertiary/aromatic N) is 1. The van der Waals surface area contributed by atoms with E-state index < -0.39 is 0 Å². The molecule has 2 fully saturated rings. The van der Waals surface area contributed by atoms with Crippen molar-refractivity contribution in [3.05, 3.63) is 29.7 Å². The van der Waals surface area contributed by atoms with E-state index in [0.29, 0.717) is 5.92 Å². The Morgan fingerprint density at radius 1 is 1.33 bits per heavy atom. The van der Waals surface area contributed by atoms with Crippen LogP contribution >= 0.6 is 0 Å². The smallest absolute Gasteiger partial charge is 0.198 e. The second kappa shape index (κ2) is 3.58. The van der Waals surface area contributed by atoms with Crippen LogP contribution < -0.4 is 5.73 Å². The Morgan fingerprint density at radius 2 is 2.17 bits per heavy atom. The molecule has 0 bridgehead atoms. The van der Waals surface area contributed by atoms with E-state index in [1.54, 1.807) is 0 Å². The molecule has 2 aromatic rings. The predicted octanol–water partition coefficient (Wildman–Crippen LogP) is 3.09. The summed E-state index contributed by atoms with van der Waals surface area (Å²) in [6.07, 6.45) is 6.17. The molecule has 94 valence electrons. The van der Waals surface area contributed by atoms with Crippen LogP contribution in [0.5, 0.6) is 0 Å². The van der Waals surface area contributed by atoms with Crippen molar-refractivity contribution >= 4 is 11.1 Å². The Kier molecular flexibility index (Phi) is 2.10. The Bertz CT molecular complexity index is 588. The number of fused-ring (bicyclic) bond motifs is 1. The van der Waals surface area contributed by atoms with Gasteiger partial charge in [-0.15, -0.1) is 0 Å².